The van der Waals surface area contributed by atoms with Crippen LogP contribution in [0.3, 0.4) is 0 Å². The van der Waals surface area contributed by atoms with E-state index in [-0.39, 0.29) is 0 Å². The number of aliphatic imine (C=N–C) groups is 1. The molecule has 0 unspecified atom stereocenters. The van der Waals surface area contributed by atoms with Crippen LogP contribution in [0.25, 0.3) is 5.65 Å². The molecule has 0 bridgehead atoms. The zero-order chi connectivity index (χ0) is 17.9. The highest BCUT2D eigenvalue weighted by Gasteiger charge is 2.06. The van der Waals surface area contributed by atoms with Crippen LogP contribution in [-0.2, 0) is 6.54 Å². The molecule has 0 fully saturated rings. The van der Waals surface area contributed by atoms with Crippen molar-refractivity contribution in [2.75, 3.05) is 33.2 Å². The molecule has 25 heavy (non-hydrogen) atoms. The number of fused-ring (bicyclic) bond motifs is 1. The molecule has 0 aliphatic carbocycles. The second kappa shape index (κ2) is 10.7. The van der Waals surface area contributed by atoms with E-state index in [0.717, 1.165) is 36.9 Å². The van der Waals surface area contributed by atoms with Gasteiger partial charge in [0.1, 0.15) is 0 Å². The number of nitrogens with one attached hydrogen (secondary N) is 2. The summed E-state index contributed by atoms with van der Waals surface area (Å²) in [6.45, 7) is 9.45. The fraction of sp³-hybridized carbons (Fsp3) is 0.611. The summed E-state index contributed by atoms with van der Waals surface area (Å²) in [5, 5.41) is 15.1. The Labute approximate surface area is 150 Å². The van der Waals surface area contributed by atoms with Crippen molar-refractivity contribution in [1.82, 2.24) is 30.1 Å². The Morgan fingerprint density at radius 2 is 1.92 bits per heavy atom. The highest BCUT2D eigenvalue weighted by atomic mass is 15.3. The molecule has 0 saturated carbocycles. The van der Waals surface area contributed by atoms with Crippen molar-refractivity contribution >= 4 is 11.6 Å². The maximum Gasteiger partial charge on any atom is 0.191 e. The van der Waals surface area contributed by atoms with Gasteiger partial charge in [-0.2, -0.15) is 0 Å². The largest absolute Gasteiger partial charge is 0.356 e. The molecule has 2 aromatic rings. The Bertz CT molecular complexity index is 644. The van der Waals surface area contributed by atoms with Crippen LogP contribution in [0.2, 0.25) is 0 Å². The Morgan fingerprint density at radius 1 is 1.12 bits per heavy atom. The third-order valence-corrected chi connectivity index (χ3v) is 4.05. The van der Waals surface area contributed by atoms with Gasteiger partial charge in [0, 0.05) is 19.8 Å². The molecule has 0 aliphatic heterocycles. The van der Waals surface area contributed by atoms with Gasteiger partial charge in [-0.1, -0.05) is 19.9 Å². The topological polar surface area (TPSA) is 69.8 Å². The van der Waals surface area contributed by atoms with E-state index in [1.807, 2.05) is 28.8 Å². The molecule has 0 amide bonds. The molecule has 7 heteroatoms. The van der Waals surface area contributed by atoms with Crippen LogP contribution >= 0.6 is 0 Å². The fourth-order valence-electron chi connectivity index (χ4n) is 2.87. The molecule has 2 rings (SSSR count). The summed E-state index contributed by atoms with van der Waals surface area (Å²) >= 11 is 0. The van der Waals surface area contributed by atoms with Gasteiger partial charge in [-0.25, -0.2) is 0 Å². The van der Waals surface area contributed by atoms with E-state index in [4.69, 9.17) is 0 Å². The molecule has 0 saturated heterocycles. The smallest absolute Gasteiger partial charge is 0.191 e. The van der Waals surface area contributed by atoms with Gasteiger partial charge < -0.3 is 15.5 Å². The summed E-state index contributed by atoms with van der Waals surface area (Å²) in [4.78, 5) is 6.81. The predicted molar refractivity (Wildman–Crippen MR) is 103 cm³/mol. The van der Waals surface area contributed by atoms with Gasteiger partial charge in [0.2, 0.25) is 0 Å². The average molecular weight is 345 g/mol. The molecule has 0 radical (unpaired) electrons. The van der Waals surface area contributed by atoms with Crippen molar-refractivity contribution in [3.63, 3.8) is 0 Å². The number of hydrogen-bond donors (Lipinski definition) is 2. The summed E-state index contributed by atoms with van der Waals surface area (Å²) in [6, 6.07) is 5.88. The van der Waals surface area contributed by atoms with Crippen LogP contribution in [0.5, 0.6) is 0 Å². The van der Waals surface area contributed by atoms with Gasteiger partial charge in [0.25, 0.3) is 0 Å². The molecule has 0 atom stereocenters. The van der Waals surface area contributed by atoms with Crippen molar-refractivity contribution in [3.05, 3.63) is 30.2 Å². The van der Waals surface area contributed by atoms with Gasteiger partial charge in [0.15, 0.2) is 17.4 Å². The molecule has 2 N–H and O–H groups in total. The summed E-state index contributed by atoms with van der Waals surface area (Å²) in [6.07, 6.45) is 5.50. The van der Waals surface area contributed by atoms with Crippen LogP contribution in [0.15, 0.2) is 29.4 Å². The third kappa shape index (κ3) is 6.01. The SMILES string of the molecule is CCCN(CCC)CCCNC(=NC)NCc1nnc2ccccn12. The highest BCUT2D eigenvalue weighted by molar-refractivity contribution is 5.79. The van der Waals surface area contributed by atoms with Gasteiger partial charge in [-0.05, 0) is 51.0 Å². The van der Waals surface area contributed by atoms with Gasteiger partial charge >= 0.3 is 0 Å². The van der Waals surface area contributed by atoms with E-state index in [1.54, 1.807) is 7.05 Å². The lowest BCUT2D eigenvalue weighted by molar-refractivity contribution is 0.271. The summed E-state index contributed by atoms with van der Waals surface area (Å²) < 4.78 is 1.98. The first-order valence-corrected chi connectivity index (χ1v) is 9.24. The first-order chi connectivity index (χ1) is 12.3. The second-order valence-electron chi connectivity index (χ2n) is 6.09. The minimum atomic E-state index is 0.586. The van der Waals surface area contributed by atoms with Gasteiger partial charge in [-0.15, -0.1) is 10.2 Å². The normalized spacial score (nSPS) is 12.1. The van der Waals surface area contributed by atoms with Crippen molar-refractivity contribution in [3.8, 4) is 0 Å². The maximum atomic E-state index is 4.28. The fourth-order valence-corrected chi connectivity index (χ4v) is 2.87. The summed E-state index contributed by atoms with van der Waals surface area (Å²) in [5.74, 6) is 1.67. The quantitative estimate of drug-likeness (QED) is 0.391. The maximum absolute atomic E-state index is 4.28. The molecular formula is C18H31N7. The van der Waals surface area contributed by atoms with Gasteiger partial charge in [-0.3, -0.25) is 9.39 Å². The summed E-state index contributed by atoms with van der Waals surface area (Å²) in [7, 11) is 1.79. The van der Waals surface area contributed by atoms with E-state index in [0.29, 0.717) is 6.54 Å². The van der Waals surface area contributed by atoms with Crippen LogP contribution in [0.4, 0.5) is 0 Å². The second-order valence-corrected chi connectivity index (χ2v) is 6.09. The summed E-state index contributed by atoms with van der Waals surface area (Å²) in [5.41, 5.74) is 0.856. The molecule has 2 aromatic heterocycles. The third-order valence-electron chi connectivity index (χ3n) is 4.05. The Kier molecular flexibility index (Phi) is 8.18. The van der Waals surface area contributed by atoms with Crippen LogP contribution < -0.4 is 10.6 Å². The molecular weight excluding hydrogens is 314 g/mol. The lowest BCUT2D eigenvalue weighted by Gasteiger charge is -2.21. The number of nitrogens with zero attached hydrogens (tertiary/aromatic N) is 5. The van der Waals surface area contributed by atoms with Crippen LogP contribution in [0, 0.1) is 0 Å². The Balaban J connectivity index is 1.73. The van der Waals surface area contributed by atoms with E-state index in [1.165, 1.54) is 25.9 Å². The van der Waals surface area contributed by atoms with Crippen molar-refractivity contribution in [1.29, 1.82) is 0 Å². The average Bonchev–Trinajstić information content (AvgIpc) is 3.04. The zero-order valence-electron chi connectivity index (χ0n) is 15.7. The monoisotopic (exact) mass is 345 g/mol. The first kappa shape index (κ1) is 19.2. The minimum absolute atomic E-state index is 0.586. The van der Waals surface area contributed by atoms with E-state index in [9.17, 15) is 0 Å². The molecule has 0 aliphatic rings. The number of aromatic nitrogens is 3. The Hall–Kier alpha value is -2.15. The lowest BCUT2D eigenvalue weighted by atomic mass is 10.3. The minimum Gasteiger partial charge on any atom is -0.356 e. The highest BCUT2D eigenvalue weighted by Crippen LogP contribution is 2.02. The lowest BCUT2D eigenvalue weighted by Crippen LogP contribution is -2.38. The number of guanidine groups is 1. The van der Waals surface area contributed by atoms with Crippen molar-refractivity contribution in [2.45, 2.75) is 39.7 Å². The van der Waals surface area contributed by atoms with Crippen LogP contribution in [-0.4, -0.2) is 58.7 Å². The zero-order valence-corrected chi connectivity index (χ0v) is 15.7. The molecule has 0 spiro atoms. The van der Waals surface area contributed by atoms with Gasteiger partial charge in [0.05, 0.1) is 6.54 Å². The number of rotatable bonds is 10. The Morgan fingerprint density at radius 3 is 2.64 bits per heavy atom. The molecule has 0 aromatic carbocycles. The van der Waals surface area contributed by atoms with Crippen molar-refractivity contribution in [2.24, 2.45) is 4.99 Å². The first-order valence-electron chi connectivity index (χ1n) is 9.24. The standard InChI is InChI=1S/C18H31N7/c1-4-11-24(12-5-2)13-8-10-20-18(19-3)21-15-17-23-22-16-9-6-7-14-25(16)17/h6-7,9,14H,4-5,8,10-13,15H2,1-3H3,(H2,19,20,21). The van der Waals surface area contributed by atoms with E-state index < -0.39 is 0 Å². The molecule has 2 heterocycles. The van der Waals surface area contributed by atoms with Crippen molar-refractivity contribution < 1.29 is 0 Å². The molecule has 138 valence electrons. The number of hydrogen-bond acceptors (Lipinski definition) is 4. The van der Waals surface area contributed by atoms with E-state index >= 15 is 0 Å². The molecule has 7 nitrogen and oxygen atoms in total. The predicted octanol–water partition coefficient (Wildman–Crippen LogP) is 1.91. The van der Waals surface area contributed by atoms with Crippen LogP contribution in [0.1, 0.15) is 38.9 Å². The number of pyridine rings is 1. The van der Waals surface area contributed by atoms with E-state index in [2.05, 4.69) is 44.6 Å².